The van der Waals surface area contributed by atoms with Crippen molar-refractivity contribution >= 4 is 28.6 Å². The number of ether oxygens (including phenoxy) is 2. The van der Waals surface area contributed by atoms with Crippen molar-refractivity contribution in [1.82, 2.24) is 14.8 Å². The fourth-order valence-electron chi connectivity index (χ4n) is 3.69. The zero-order valence-corrected chi connectivity index (χ0v) is 17.4. The summed E-state index contributed by atoms with van der Waals surface area (Å²) in [5.41, 5.74) is 3.75. The first-order valence-corrected chi connectivity index (χ1v) is 10.5. The molecule has 1 aliphatic heterocycles. The molecule has 1 atom stereocenters. The topological polar surface area (TPSA) is 66.2 Å². The van der Waals surface area contributed by atoms with Crippen molar-refractivity contribution < 1.29 is 14.3 Å². The van der Waals surface area contributed by atoms with Crippen LogP contribution >= 0.6 is 11.6 Å². The molecule has 0 bridgehead atoms. The molecule has 0 spiro atoms. The van der Waals surface area contributed by atoms with Gasteiger partial charge in [0.15, 0.2) is 11.9 Å². The lowest BCUT2D eigenvalue weighted by Crippen LogP contribution is -2.19. The number of carbonyl (C=O) groups excluding carboxylic acids is 1. The summed E-state index contributed by atoms with van der Waals surface area (Å²) >= 11 is 6.27. The molecule has 0 radical (unpaired) electrons. The van der Waals surface area contributed by atoms with Crippen LogP contribution in [0.4, 0.5) is 0 Å². The van der Waals surface area contributed by atoms with Gasteiger partial charge in [0, 0.05) is 12.2 Å². The van der Waals surface area contributed by atoms with Crippen LogP contribution in [0.25, 0.3) is 22.3 Å². The zero-order chi connectivity index (χ0) is 20.4. The average Bonchev–Trinajstić information content (AvgIpc) is 3.13. The van der Waals surface area contributed by atoms with E-state index in [1.165, 1.54) is 5.56 Å². The summed E-state index contributed by atoms with van der Waals surface area (Å²) in [6, 6.07) is 9.75. The van der Waals surface area contributed by atoms with Crippen LogP contribution in [0, 0.1) is 0 Å². The van der Waals surface area contributed by atoms with Crippen LogP contribution in [0.15, 0.2) is 30.3 Å². The van der Waals surface area contributed by atoms with E-state index in [0.717, 1.165) is 31.2 Å². The van der Waals surface area contributed by atoms with E-state index in [-0.39, 0.29) is 18.0 Å². The first kappa shape index (κ1) is 19.9. The summed E-state index contributed by atoms with van der Waals surface area (Å²) in [4.78, 5) is 17.2. The van der Waals surface area contributed by atoms with Crippen LogP contribution in [-0.4, -0.2) is 33.9 Å². The number of hydrogen-bond donors (Lipinski definition) is 0. The van der Waals surface area contributed by atoms with Crippen LogP contribution in [0.2, 0.25) is 5.15 Å². The van der Waals surface area contributed by atoms with Crippen molar-refractivity contribution in [3.05, 3.63) is 46.6 Å². The third-order valence-corrected chi connectivity index (χ3v) is 5.38. The fraction of sp³-hybridized carbons (Fsp3) is 0.409. The van der Waals surface area contributed by atoms with E-state index in [0.29, 0.717) is 28.9 Å². The van der Waals surface area contributed by atoms with Gasteiger partial charge in [-0.3, -0.25) is 0 Å². The summed E-state index contributed by atoms with van der Waals surface area (Å²) < 4.78 is 13.0. The number of hydrogen-bond acceptors (Lipinski definition) is 5. The number of benzene rings is 1. The predicted molar refractivity (Wildman–Crippen MR) is 112 cm³/mol. The maximum absolute atomic E-state index is 12.7. The molecule has 1 unspecified atom stereocenters. The first-order chi connectivity index (χ1) is 14.1. The number of nitrogens with zero attached hydrogens (tertiary/aromatic N) is 3. The van der Waals surface area contributed by atoms with E-state index in [9.17, 15) is 4.79 Å². The standard InChI is InChI=1S/C22H24ClN3O3/c1-3-14-8-10-15(11-9-14)20-19-16(22(27)28-4-2)13-17(23)24-21(19)26(25-20)18-7-5-6-12-29-18/h8-11,13,18H,3-7,12H2,1-2H3. The van der Waals surface area contributed by atoms with Gasteiger partial charge in [0.2, 0.25) is 0 Å². The Morgan fingerprint density at radius 1 is 1.28 bits per heavy atom. The van der Waals surface area contributed by atoms with E-state index in [1.807, 2.05) is 12.1 Å². The Morgan fingerprint density at radius 2 is 2.07 bits per heavy atom. The lowest BCUT2D eigenvalue weighted by molar-refractivity contribution is -0.0368. The minimum atomic E-state index is -0.433. The van der Waals surface area contributed by atoms with Crippen molar-refractivity contribution in [2.75, 3.05) is 13.2 Å². The highest BCUT2D eigenvalue weighted by Gasteiger charge is 2.27. The molecule has 1 fully saturated rings. The zero-order valence-electron chi connectivity index (χ0n) is 16.7. The van der Waals surface area contributed by atoms with Gasteiger partial charge in [-0.1, -0.05) is 42.8 Å². The minimum absolute atomic E-state index is 0.226. The number of aryl methyl sites for hydroxylation is 1. The number of aromatic nitrogens is 3. The Morgan fingerprint density at radius 3 is 2.72 bits per heavy atom. The van der Waals surface area contributed by atoms with Crippen molar-refractivity contribution in [2.45, 2.75) is 45.8 Å². The Bertz CT molecular complexity index is 1020. The summed E-state index contributed by atoms with van der Waals surface area (Å²) in [6.45, 7) is 4.85. The highest BCUT2D eigenvalue weighted by atomic mass is 35.5. The maximum atomic E-state index is 12.7. The molecule has 1 saturated heterocycles. The quantitative estimate of drug-likeness (QED) is 0.425. The van der Waals surface area contributed by atoms with Gasteiger partial charge in [0.05, 0.1) is 17.6 Å². The maximum Gasteiger partial charge on any atom is 0.339 e. The second-order valence-electron chi connectivity index (χ2n) is 7.08. The normalized spacial score (nSPS) is 16.9. The second-order valence-corrected chi connectivity index (χ2v) is 7.46. The molecule has 3 aromatic rings. The molecule has 0 saturated carbocycles. The molecule has 7 heteroatoms. The van der Waals surface area contributed by atoms with Crippen molar-refractivity contribution in [3.8, 4) is 11.3 Å². The van der Waals surface area contributed by atoms with Crippen LogP contribution in [0.3, 0.4) is 0 Å². The average molecular weight is 414 g/mol. The van der Waals surface area contributed by atoms with Crippen molar-refractivity contribution in [3.63, 3.8) is 0 Å². The van der Waals surface area contributed by atoms with E-state index in [1.54, 1.807) is 17.7 Å². The van der Waals surface area contributed by atoms with E-state index >= 15 is 0 Å². The van der Waals surface area contributed by atoms with Gasteiger partial charge < -0.3 is 9.47 Å². The number of halogens is 1. The molecular formula is C22H24ClN3O3. The summed E-state index contributed by atoms with van der Waals surface area (Å²) in [7, 11) is 0. The Balaban J connectivity index is 1.95. The van der Waals surface area contributed by atoms with Crippen LogP contribution in [0.5, 0.6) is 0 Å². The summed E-state index contributed by atoms with van der Waals surface area (Å²) in [6.07, 6.45) is 3.65. The summed E-state index contributed by atoms with van der Waals surface area (Å²) in [5.74, 6) is -0.433. The third-order valence-electron chi connectivity index (χ3n) is 5.19. The largest absolute Gasteiger partial charge is 0.462 e. The molecule has 1 aliphatic rings. The van der Waals surface area contributed by atoms with Gasteiger partial charge in [-0.05, 0) is 44.2 Å². The molecule has 6 nitrogen and oxygen atoms in total. The number of rotatable bonds is 5. The number of fused-ring (bicyclic) bond motifs is 1. The van der Waals surface area contributed by atoms with Gasteiger partial charge in [0.1, 0.15) is 10.8 Å². The van der Waals surface area contributed by atoms with Gasteiger partial charge in [-0.15, -0.1) is 0 Å². The molecule has 1 aromatic carbocycles. The van der Waals surface area contributed by atoms with E-state index < -0.39 is 5.97 Å². The van der Waals surface area contributed by atoms with Gasteiger partial charge >= 0.3 is 5.97 Å². The van der Waals surface area contributed by atoms with Gasteiger partial charge in [-0.2, -0.15) is 5.10 Å². The van der Waals surface area contributed by atoms with Crippen molar-refractivity contribution in [2.24, 2.45) is 0 Å². The first-order valence-electron chi connectivity index (χ1n) is 10.1. The lowest BCUT2D eigenvalue weighted by atomic mass is 10.0. The summed E-state index contributed by atoms with van der Waals surface area (Å²) in [5, 5.41) is 5.72. The van der Waals surface area contributed by atoms with Crippen LogP contribution < -0.4 is 0 Å². The fourth-order valence-corrected chi connectivity index (χ4v) is 3.88. The Labute approximate surface area is 174 Å². The smallest absolute Gasteiger partial charge is 0.339 e. The minimum Gasteiger partial charge on any atom is -0.462 e. The molecule has 4 rings (SSSR count). The highest BCUT2D eigenvalue weighted by Crippen LogP contribution is 2.35. The molecule has 152 valence electrons. The SMILES string of the molecule is CCOC(=O)c1cc(Cl)nc2c1c(-c1ccc(CC)cc1)nn2C1CCCCO1. The molecule has 0 aliphatic carbocycles. The number of esters is 1. The van der Waals surface area contributed by atoms with E-state index in [2.05, 4.69) is 24.0 Å². The molecule has 29 heavy (non-hydrogen) atoms. The monoisotopic (exact) mass is 413 g/mol. The number of carbonyl (C=O) groups is 1. The van der Waals surface area contributed by atoms with Crippen LogP contribution in [-0.2, 0) is 15.9 Å². The molecule has 0 N–H and O–H groups in total. The Kier molecular flexibility index (Phi) is 5.83. The lowest BCUT2D eigenvalue weighted by Gasteiger charge is -2.23. The predicted octanol–water partition coefficient (Wildman–Crippen LogP) is 5.19. The third kappa shape index (κ3) is 3.87. The molecule has 0 amide bonds. The highest BCUT2D eigenvalue weighted by molar-refractivity contribution is 6.30. The van der Waals surface area contributed by atoms with Crippen molar-refractivity contribution in [1.29, 1.82) is 0 Å². The van der Waals surface area contributed by atoms with Crippen LogP contribution in [0.1, 0.15) is 55.3 Å². The molecule has 2 aromatic heterocycles. The molecule has 3 heterocycles. The second kappa shape index (κ2) is 8.51. The molecular weight excluding hydrogens is 390 g/mol. The van der Waals surface area contributed by atoms with Gasteiger partial charge in [0.25, 0.3) is 0 Å². The Hall–Kier alpha value is -2.44. The van der Waals surface area contributed by atoms with Gasteiger partial charge in [-0.25, -0.2) is 14.5 Å². The number of pyridine rings is 1. The van der Waals surface area contributed by atoms with E-state index in [4.69, 9.17) is 26.2 Å².